The Kier molecular flexibility index (Phi) is 6.71. The van der Waals surface area contributed by atoms with Crippen molar-refractivity contribution in [1.82, 2.24) is 10.2 Å². The summed E-state index contributed by atoms with van der Waals surface area (Å²) in [4.78, 5) is 0.0188. The van der Waals surface area contributed by atoms with Crippen LogP contribution in [0.25, 0.3) is 0 Å². The number of ether oxygens (including phenoxy) is 1. The molecule has 2 aromatic carbocycles. The van der Waals surface area contributed by atoms with Crippen LogP contribution in [-0.2, 0) is 16.5 Å². The van der Waals surface area contributed by atoms with E-state index >= 15 is 0 Å². The molecule has 0 aliphatic heterocycles. The number of hydrogen-bond donors (Lipinski definition) is 0. The van der Waals surface area contributed by atoms with Gasteiger partial charge in [0.1, 0.15) is 10.6 Å². The standard InChI is InChI=1S/C21H21ClN2O4S/c1-3-4-7-16-8-5-6-9-18(16)27-21-19(14-20(22)23-24-21)28-29(25,26)17-12-10-15(2)11-13-17/h5-6,8-14H,3-4,7H2,1-2H3. The summed E-state index contributed by atoms with van der Waals surface area (Å²) in [7, 11) is -4.09. The van der Waals surface area contributed by atoms with Crippen molar-refractivity contribution in [2.75, 3.05) is 0 Å². The highest BCUT2D eigenvalue weighted by Crippen LogP contribution is 2.34. The van der Waals surface area contributed by atoms with Gasteiger partial charge in [0.2, 0.25) is 5.75 Å². The van der Waals surface area contributed by atoms with Crippen molar-refractivity contribution in [3.05, 3.63) is 70.9 Å². The summed E-state index contributed by atoms with van der Waals surface area (Å²) in [6.45, 7) is 3.97. The normalized spacial score (nSPS) is 11.3. The first-order chi connectivity index (χ1) is 13.9. The van der Waals surface area contributed by atoms with E-state index in [2.05, 4.69) is 17.1 Å². The lowest BCUT2D eigenvalue weighted by atomic mass is 10.1. The summed E-state index contributed by atoms with van der Waals surface area (Å²) in [5.41, 5.74) is 1.92. The molecule has 0 aliphatic rings. The highest BCUT2D eigenvalue weighted by Gasteiger charge is 2.22. The second-order valence-electron chi connectivity index (χ2n) is 6.50. The van der Waals surface area contributed by atoms with Gasteiger partial charge in [-0.05, 0) is 43.5 Å². The molecule has 0 atom stereocenters. The van der Waals surface area contributed by atoms with E-state index in [4.69, 9.17) is 20.5 Å². The first-order valence-electron chi connectivity index (χ1n) is 9.19. The Morgan fingerprint density at radius 1 is 1.00 bits per heavy atom. The summed E-state index contributed by atoms with van der Waals surface area (Å²) in [6.07, 6.45) is 2.86. The third kappa shape index (κ3) is 5.46. The fraction of sp³-hybridized carbons (Fsp3) is 0.238. The maximum atomic E-state index is 12.7. The Bertz CT molecular complexity index is 1090. The number of halogens is 1. The van der Waals surface area contributed by atoms with Gasteiger partial charge in [-0.1, -0.05) is 60.8 Å². The molecule has 0 amide bonds. The molecule has 0 saturated heterocycles. The number of hydrogen-bond acceptors (Lipinski definition) is 6. The topological polar surface area (TPSA) is 78.4 Å². The van der Waals surface area contributed by atoms with Crippen molar-refractivity contribution in [2.24, 2.45) is 0 Å². The number of nitrogens with zero attached hydrogens (tertiary/aromatic N) is 2. The van der Waals surface area contributed by atoms with Crippen LogP contribution in [0.1, 0.15) is 30.9 Å². The van der Waals surface area contributed by atoms with Gasteiger partial charge in [0, 0.05) is 6.07 Å². The lowest BCUT2D eigenvalue weighted by Crippen LogP contribution is -2.11. The lowest BCUT2D eigenvalue weighted by Gasteiger charge is -2.13. The van der Waals surface area contributed by atoms with E-state index in [1.54, 1.807) is 18.2 Å². The smallest absolute Gasteiger partial charge is 0.339 e. The van der Waals surface area contributed by atoms with E-state index < -0.39 is 10.1 Å². The van der Waals surface area contributed by atoms with Gasteiger partial charge in [0.15, 0.2) is 5.15 Å². The van der Waals surface area contributed by atoms with Crippen LogP contribution in [-0.4, -0.2) is 18.6 Å². The molecular weight excluding hydrogens is 412 g/mol. The summed E-state index contributed by atoms with van der Waals surface area (Å²) in [6, 6.07) is 15.1. The number of aryl methyl sites for hydroxylation is 2. The summed E-state index contributed by atoms with van der Waals surface area (Å²) < 4.78 is 36.5. The monoisotopic (exact) mass is 432 g/mol. The van der Waals surface area contributed by atoms with Crippen LogP contribution in [0.3, 0.4) is 0 Å². The van der Waals surface area contributed by atoms with Crippen LogP contribution < -0.4 is 8.92 Å². The number of benzene rings is 2. The van der Waals surface area contributed by atoms with Crippen LogP contribution in [0.2, 0.25) is 5.15 Å². The minimum atomic E-state index is -4.09. The van der Waals surface area contributed by atoms with Crippen molar-refractivity contribution in [2.45, 2.75) is 38.0 Å². The van der Waals surface area contributed by atoms with Gasteiger partial charge in [0.25, 0.3) is 5.88 Å². The third-order valence-electron chi connectivity index (χ3n) is 4.19. The molecule has 0 aliphatic carbocycles. The van der Waals surface area contributed by atoms with Crippen molar-refractivity contribution in [3.8, 4) is 17.4 Å². The van der Waals surface area contributed by atoms with Gasteiger partial charge in [-0.3, -0.25) is 0 Å². The Labute approximate surface area is 175 Å². The van der Waals surface area contributed by atoms with Gasteiger partial charge in [-0.25, -0.2) is 0 Å². The molecule has 6 nitrogen and oxygen atoms in total. The van der Waals surface area contributed by atoms with Crippen LogP contribution in [0.5, 0.6) is 17.4 Å². The number of para-hydroxylation sites is 1. The van der Waals surface area contributed by atoms with E-state index in [0.717, 1.165) is 30.4 Å². The van der Waals surface area contributed by atoms with E-state index in [9.17, 15) is 8.42 Å². The van der Waals surface area contributed by atoms with Crippen LogP contribution in [0, 0.1) is 6.92 Å². The summed E-state index contributed by atoms with van der Waals surface area (Å²) in [5.74, 6) is 0.361. The molecule has 1 heterocycles. The van der Waals surface area contributed by atoms with Gasteiger partial charge >= 0.3 is 10.1 Å². The predicted molar refractivity (Wildman–Crippen MR) is 111 cm³/mol. The minimum Gasteiger partial charge on any atom is -0.435 e. The molecule has 0 spiro atoms. The van der Waals surface area contributed by atoms with E-state index in [0.29, 0.717) is 5.75 Å². The highest BCUT2D eigenvalue weighted by molar-refractivity contribution is 7.87. The molecule has 8 heteroatoms. The number of aromatic nitrogens is 2. The van der Waals surface area contributed by atoms with E-state index in [1.165, 1.54) is 18.2 Å². The van der Waals surface area contributed by atoms with Crippen molar-refractivity contribution >= 4 is 21.7 Å². The largest absolute Gasteiger partial charge is 0.435 e. The average molecular weight is 433 g/mol. The Balaban J connectivity index is 1.92. The van der Waals surface area contributed by atoms with Crippen molar-refractivity contribution in [1.29, 1.82) is 0 Å². The Hall–Kier alpha value is -2.64. The van der Waals surface area contributed by atoms with E-state index in [-0.39, 0.29) is 21.7 Å². The molecule has 0 saturated carbocycles. The molecule has 1 aromatic heterocycles. The molecule has 0 bridgehead atoms. The van der Waals surface area contributed by atoms with Crippen LogP contribution >= 0.6 is 11.6 Å². The molecule has 0 fully saturated rings. The van der Waals surface area contributed by atoms with E-state index in [1.807, 2.05) is 25.1 Å². The number of rotatable bonds is 8. The maximum Gasteiger partial charge on any atom is 0.339 e. The van der Waals surface area contributed by atoms with Crippen molar-refractivity contribution < 1.29 is 17.3 Å². The molecule has 0 unspecified atom stereocenters. The summed E-state index contributed by atoms with van der Waals surface area (Å²) >= 11 is 5.91. The molecule has 3 rings (SSSR count). The van der Waals surface area contributed by atoms with Gasteiger partial charge < -0.3 is 8.92 Å². The molecular formula is C21H21ClN2O4S. The van der Waals surface area contributed by atoms with Gasteiger partial charge in [-0.15, -0.1) is 10.2 Å². The second-order valence-corrected chi connectivity index (χ2v) is 8.43. The SMILES string of the molecule is CCCCc1ccccc1Oc1nnc(Cl)cc1OS(=O)(=O)c1ccc(C)cc1. The Morgan fingerprint density at radius 3 is 2.45 bits per heavy atom. The van der Waals surface area contributed by atoms with Crippen molar-refractivity contribution in [3.63, 3.8) is 0 Å². The lowest BCUT2D eigenvalue weighted by molar-refractivity contribution is 0.411. The quantitative estimate of drug-likeness (QED) is 0.447. The summed E-state index contributed by atoms with van der Waals surface area (Å²) in [5, 5.41) is 7.64. The molecule has 0 radical (unpaired) electrons. The molecule has 0 N–H and O–H groups in total. The predicted octanol–water partition coefficient (Wildman–Crippen LogP) is 5.34. The minimum absolute atomic E-state index is 0.00859. The first-order valence-corrected chi connectivity index (χ1v) is 11.0. The van der Waals surface area contributed by atoms with Crippen LogP contribution in [0.4, 0.5) is 0 Å². The third-order valence-corrected chi connectivity index (χ3v) is 5.62. The van der Waals surface area contributed by atoms with Crippen LogP contribution in [0.15, 0.2) is 59.5 Å². The fourth-order valence-corrected chi connectivity index (χ4v) is 3.68. The molecule has 3 aromatic rings. The zero-order valence-electron chi connectivity index (χ0n) is 16.1. The average Bonchev–Trinajstić information content (AvgIpc) is 2.69. The Morgan fingerprint density at radius 2 is 1.72 bits per heavy atom. The zero-order chi connectivity index (χ0) is 20.9. The highest BCUT2D eigenvalue weighted by atomic mass is 35.5. The fourth-order valence-electron chi connectivity index (χ4n) is 2.62. The second kappa shape index (κ2) is 9.24. The maximum absolute atomic E-state index is 12.7. The number of unbranched alkanes of at least 4 members (excludes halogenated alkanes) is 1. The zero-order valence-corrected chi connectivity index (χ0v) is 17.7. The van der Waals surface area contributed by atoms with Gasteiger partial charge in [-0.2, -0.15) is 8.42 Å². The molecule has 29 heavy (non-hydrogen) atoms. The van der Waals surface area contributed by atoms with Gasteiger partial charge in [0.05, 0.1) is 0 Å². The molecule has 152 valence electrons. The first kappa shape index (κ1) is 21.1.